The first kappa shape index (κ1) is 15.2. The molecule has 1 heterocycles. The Hall–Kier alpha value is -2.20. The number of nitrogens with one attached hydrogen (secondary N) is 2. The first-order chi connectivity index (χ1) is 10.1. The molecular formula is C14H13BrFN5. The highest BCUT2D eigenvalue weighted by Crippen LogP contribution is 2.25. The van der Waals surface area contributed by atoms with Gasteiger partial charge in [-0.2, -0.15) is 10.2 Å². The Bertz CT molecular complexity index is 684. The van der Waals surface area contributed by atoms with Gasteiger partial charge in [-0.15, -0.1) is 0 Å². The number of nitriles is 1. The highest BCUT2D eigenvalue weighted by Gasteiger charge is 2.10. The van der Waals surface area contributed by atoms with Gasteiger partial charge in [0.15, 0.2) is 11.6 Å². The van der Waals surface area contributed by atoms with Crippen LogP contribution in [0.4, 0.5) is 21.8 Å². The summed E-state index contributed by atoms with van der Waals surface area (Å²) in [6, 6.07) is 7.13. The first-order valence-corrected chi connectivity index (χ1v) is 7.16. The summed E-state index contributed by atoms with van der Waals surface area (Å²) >= 11 is 3.32. The summed E-state index contributed by atoms with van der Waals surface area (Å²) in [5.41, 5.74) is 0.880. The quantitative estimate of drug-likeness (QED) is 0.858. The largest absolute Gasteiger partial charge is 0.354 e. The second-order valence-corrected chi connectivity index (χ2v) is 5.16. The van der Waals surface area contributed by atoms with Gasteiger partial charge < -0.3 is 10.6 Å². The molecule has 0 radical (unpaired) electrons. The van der Waals surface area contributed by atoms with Crippen LogP contribution < -0.4 is 10.6 Å². The second kappa shape index (κ2) is 6.99. The van der Waals surface area contributed by atoms with Crippen molar-refractivity contribution < 1.29 is 4.39 Å². The number of halogens is 2. The lowest BCUT2D eigenvalue weighted by Crippen LogP contribution is -2.07. The van der Waals surface area contributed by atoms with Crippen molar-refractivity contribution in [3.05, 3.63) is 40.2 Å². The second-order valence-electron chi connectivity index (χ2n) is 4.24. The Morgan fingerprint density at radius 3 is 2.95 bits per heavy atom. The zero-order chi connectivity index (χ0) is 15.2. The monoisotopic (exact) mass is 349 g/mol. The smallest absolute Gasteiger partial charge is 0.224 e. The van der Waals surface area contributed by atoms with Gasteiger partial charge in [-0.3, -0.25) is 0 Å². The van der Waals surface area contributed by atoms with Crippen LogP contribution in [-0.4, -0.2) is 16.5 Å². The van der Waals surface area contributed by atoms with E-state index >= 15 is 0 Å². The molecule has 0 aliphatic rings. The van der Waals surface area contributed by atoms with Gasteiger partial charge in [-0.25, -0.2) is 9.37 Å². The summed E-state index contributed by atoms with van der Waals surface area (Å²) in [4.78, 5) is 7.94. The molecule has 1 aromatic carbocycles. The molecule has 0 fully saturated rings. The van der Waals surface area contributed by atoms with E-state index < -0.39 is 5.82 Å². The Kier molecular flexibility index (Phi) is 5.06. The minimum atomic E-state index is -0.582. The van der Waals surface area contributed by atoms with E-state index in [0.29, 0.717) is 23.7 Å². The van der Waals surface area contributed by atoms with Crippen LogP contribution in [0.1, 0.15) is 18.9 Å². The molecule has 0 aliphatic heterocycles. The molecule has 7 heteroatoms. The Morgan fingerprint density at radius 2 is 2.24 bits per heavy atom. The summed E-state index contributed by atoms with van der Waals surface area (Å²) < 4.78 is 14.6. The predicted octanol–water partition coefficient (Wildman–Crippen LogP) is 3.82. The maximum absolute atomic E-state index is 13.8. The highest BCUT2D eigenvalue weighted by molar-refractivity contribution is 9.10. The third-order valence-corrected chi connectivity index (χ3v) is 3.13. The molecule has 0 bridgehead atoms. The number of hydrogen-bond acceptors (Lipinski definition) is 5. The van der Waals surface area contributed by atoms with Crippen molar-refractivity contribution in [2.45, 2.75) is 13.3 Å². The Morgan fingerprint density at radius 1 is 1.43 bits per heavy atom. The van der Waals surface area contributed by atoms with Crippen LogP contribution in [0.25, 0.3) is 0 Å². The van der Waals surface area contributed by atoms with Crippen LogP contribution in [0, 0.1) is 17.1 Å². The average Bonchev–Trinajstić information content (AvgIpc) is 2.48. The summed E-state index contributed by atoms with van der Waals surface area (Å²) in [6.07, 6.45) is 2.01. The summed E-state index contributed by atoms with van der Waals surface area (Å²) in [6.45, 7) is 2.71. The zero-order valence-electron chi connectivity index (χ0n) is 11.3. The lowest BCUT2D eigenvalue weighted by Gasteiger charge is -2.10. The number of hydrogen-bond donors (Lipinski definition) is 2. The van der Waals surface area contributed by atoms with Gasteiger partial charge >= 0.3 is 0 Å². The molecule has 0 aliphatic carbocycles. The molecule has 0 saturated carbocycles. The molecule has 2 aromatic rings. The number of benzene rings is 1. The number of anilines is 3. The molecule has 2 N–H and O–H groups in total. The van der Waals surface area contributed by atoms with Crippen molar-refractivity contribution in [1.82, 2.24) is 9.97 Å². The van der Waals surface area contributed by atoms with E-state index in [2.05, 4.69) is 36.5 Å². The van der Waals surface area contributed by atoms with Crippen molar-refractivity contribution in [2.75, 3.05) is 17.2 Å². The van der Waals surface area contributed by atoms with Gasteiger partial charge in [0.05, 0.1) is 17.4 Å². The molecule has 108 valence electrons. The van der Waals surface area contributed by atoms with Crippen LogP contribution >= 0.6 is 15.9 Å². The minimum absolute atomic E-state index is 0.0261. The Balaban J connectivity index is 2.31. The van der Waals surface area contributed by atoms with E-state index in [1.807, 2.05) is 13.0 Å². The summed E-state index contributed by atoms with van der Waals surface area (Å²) in [7, 11) is 0. The fourth-order valence-electron chi connectivity index (χ4n) is 1.62. The molecule has 1 aromatic heterocycles. The van der Waals surface area contributed by atoms with Crippen LogP contribution in [-0.2, 0) is 0 Å². The lowest BCUT2D eigenvalue weighted by atomic mass is 10.2. The lowest BCUT2D eigenvalue weighted by molar-refractivity contribution is 0.619. The van der Waals surface area contributed by atoms with E-state index in [0.717, 1.165) is 17.1 Å². The highest BCUT2D eigenvalue weighted by atomic mass is 79.9. The SMILES string of the molecule is CCCNc1ncc(F)c(Nc2cc(Br)ccc2C#N)n1. The first-order valence-electron chi connectivity index (χ1n) is 6.37. The van der Waals surface area contributed by atoms with Gasteiger partial charge in [-0.05, 0) is 24.6 Å². The summed E-state index contributed by atoms with van der Waals surface area (Å²) in [5.74, 6) is -0.214. The van der Waals surface area contributed by atoms with Crippen LogP contribution in [0.15, 0.2) is 28.9 Å². The average molecular weight is 350 g/mol. The maximum Gasteiger partial charge on any atom is 0.224 e. The normalized spacial score (nSPS) is 10.0. The zero-order valence-corrected chi connectivity index (χ0v) is 12.9. The van der Waals surface area contributed by atoms with E-state index in [1.54, 1.807) is 18.2 Å². The molecule has 0 saturated heterocycles. The van der Waals surface area contributed by atoms with Crippen molar-refractivity contribution in [3.63, 3.8) is 0 Å². The minimum Gasteiger partial charge on any atom is -0.354 e. The number of aromatic nitrogens is 2. The van der Waals surface area contributed by atoms with Crippen molar-refractivity contribution in [1.29, 1.82) is 5.26 Å². The topological polar surface area (TPSA) is 73.6 Å². The van der Waals surface area contributed by atoms with Crippen molar-refractivity contribution in [3.8, 4) is 6.07 Å². The van der Waals surface area contributed by atoms with Gasteiger partial charge in [0.25, 0.3) is 0 Å². The van der Waals surface area contributed by atoms with Crippen molar-refractivity contribution in [2.24, 2.45) is 0 Å². The predicted molar refractivity (Wildman–Crippen MR) is 82.9 cm³/mol. The maximum atomic E-state index is 13.8. The van der Waals surface area contributed by atoms with Gasteiger partial charge in [0.1, 0.15) is 6.07 Å². The van der Waals surface area contributed by atoms with Crippen LogP contribution in [0.5, 0.6) is 0 Å². The van der Waals surface area contributed by atoms with Crippen LogP contribution in [0.3, 0.4) is 0 Å². The van der Waals surface area contributed by atoms with Gasteiger partial charge in [0.2, 0.25) is 5.95 Å². The van der Waals surface area contributed by atoms with E-state index in [1.165, 1.54) is 0 Å². The van der Waals surface area contributed by atoms with Gasteiger partial charge in [-0.1, -0.05) is 22.9 Å². The molecule has 2 rings (SSSR count). The molecular weight excluding hydrogens is 337 g/mol. The third-order valence-electron chi connectivity index (χ3n) is 2.63. The van der Waals surface area contributed by atoms with Crippen LogP contribution in [0.2, 0.25) is 0 Å². The standard InChI is InChI=1S/C14H13BrFN5/c1-2-5-18-14-19-8-11(16)13(21-14)20-12-6-10(15)4-3-9(12)7-17/h3-4,6,8H,2,5H2,1H3,(H2,18,19,20,21). The molecule has 0 amide bonds. The number of rotatable bonds is 5. The third kappa shape index (κ3) is 3.89. The Labute approximate surface area is 130 Å². The van der Waals surface area contributed by atoms with Gasteiger partial charge in [0, 0.05) is 11.0 Å². The fourth-order valence-corrected chi connectivity index (χ4v) is 1.98. The van der Waals surface area contributed by atoms with E-state index in [9.17, 15) is 4.39 Å². The molecule has 21 heavy (non-hydrogen) atoms. The fraction of sp³-hybridized carbons (Fsp3) is 0.214. The molecule has 0 unspecified atom stereocenters. The van der Waals surface area contributed by atoms with E-state index in [-0.39, 0.29) is 5.82 Å². The van der Waals surface area contributed by atoms with Crippen molar-refractivity contribution >= 4 is 33.4 Å². The molecule has 5 nitrogen and oxygen atoms in total. The van der Waals surface area contributed by atoms with E-state index in [4.69, 9.17) is 5.26 Å². The summed E-state index contributed by atoms with van der Waals surface area (Å²) in [5, 5.41) is 14.9. The number of nitrogens with zero attached hydrogens (tertiary/aromatic N) is 3. The molecule has 0 atom stereocenters. The molecule has 0 spiro atoms.